The van der Waals surface area contributed by atoms with E-state index < -0.39 is 8.32 Å². The molecule has 152 valence electrons. The lowest BCUT2D eigenvalue weighted by Crippen LogP contribution is -2.42. The Balaban J connectivity index is 2.09. The Morgan fingerprint density at radius 3 is 1.79 bits per heavy atom. The standard InChI is InChI=1S/C24H35NO2Si/c1-24(2,3)28(4,5)27-17-16-23(20-26)25(18-21-12-8-6-9-13-21)19-22-14-10-7-11-15-22/h6-15,20,23H,16-19H2,1-5H3. The Bertz CT molecular complexity index is 669. The molecule has 0 spiro atoms. The molecule has 2 aromatic carbocycles. The lowest BCUT2D eigenvalue weighted by Gasteiger charge is -2.37. The van der Waals surface area contributed by atoms with Crippen molar-refractivity contribution < 1.29 is 9.22 Å². The SMILES string of the molecule is CC(C)(C)[Si](C)(C)OCCC(C=O)N(Cc1ccccc1)Cc1ccccc1. The molecule has 0 saturated carbocycles. The fourth-order valence-corrected chi connectivity index (χ4v) is 3.98. The van der Waals surface area contributed by atoms with Crippen LogP contribution in [0.1, 0.15) is 38.3 Å². The third-order valence-electron chi connectivity index (χ3n) is 5.77. The summed E-state index contributed by atoms with van der Waals surface area (Å²) < 4.78 is 6.33. The predicted octanol–water partition coefficient (Wildman–Crippen LogP) is 5.67. The molecule has 3 nitrogen and oxygen atoms in total. The molecule has 4 heteroatoms. The van der Waals surface area contributed by atoms with Crippen LogP contribution in [-0.2, 0) is 22.3 Å². The van der Waals surface area contributed by atoms with E-state index in [1.165, 1.54) is 11.1 Å². The minimum atomic E-state index is -1.80. The van der Waals surface area contributed by atoms with Gasteiger partial charge in [0.25, 0.3) is 0 Å². The van der Waals surface area contributed by atoms with Crippen molar-refractivity contribution in [2.24, 2.45) is 0 Å². The van der Waals surface area contributed by atoms with Gasteiger partial charge >= 0.3 is 0 Å². The molecule has 0 aromatic heterocycles. The molecule has 0 aliphatic carbocycles. The lowest BCUT2D eigenvalue weighted by molar-refractivity contribution is -0.113. The number of nitrogens with zero attached hydrogens (tertiary/aromatic N) is 1. The average molecular weight is 398 g/mol. The maximum absolute atomic E-state index is 12.0. The molecule has 1 unspecified atom stereocenters. The van der Waals surface area contributed by atoms with Gasteiger partial charge in [-0.25, -0.2) is 0 Å². The van der Waals surface area contributed by atoms with Crippen molar-refractivity contribution >= 4 is 14.6 Å². The van der Waals surface area contributed by atoms with Crippen LogP contribution in [0.15, 0.2) is 60.7 Å². The van der Waals surface area contributed by atoms with E-state index in [9.17, 15) is 4.79 Å². The summed E-state index contributed by atoms with van der Waals surface area (Å²) >= 11 is 0. The molecule has 2 aromatic rings. The van der Waals surface area contributed by atoms with Gasteiger partial charge in [0, 0.05) is 19.7 Å². The van der Waals surface area contributed by atoms with Crippen molar-refractivity contribution in [3.63, 3.8) is 0 Å². The summed E-state index contributed by atoms with van der Waals surface area (Å²) in [4.78, 5) is 14.3. The van der Waals surface area contributed by atoms with Crippen LogP contribution in [0.2, 0.25) is 18.1 Å². The van der Waals surface area contributed by atoms with Crippen molar-refractivity contribution in [1.29, 1.82) is 0 Å². The van der Waals surface area contributed by atoms with Crippen LogP contribution in [0.5, 0.6) is 0 Å². The van der Waals surface area contributed by atoms with Gasteiger partial charge in [0.15, 0.2) is 8.32 Å². The fourth-order valence-electron chi connectivity index (χ4n) is 2.91. The summed E-state index contributed by atoms with van der Waals surface area (Å²) in [7, 11) is -1.80. The molecular weight excluding hydrogens is 362 g/mol. The second-order valence-electron chi connectivity index (χ2n) is 8.98. The highest BCUT2D eigenvalue weighted by Gasteiger charge is 2.37. The zero-order valence-corrected chi connectivity index (χ0v) is 19.0. The van der Waals surface area contributed by atoms with Crippen molar-refractivity contribution in [2.45, 2.75) is 64.5 Å². The monoisotopic (exact) mass is 397 g/mol. The number of carbonyl (C=O) groups is 1. The van der Waals surface area contributed by atoms with E-state index in [0.717, 1.165) is 25.8 Å². The number of aldehydes is 1. The number of hydrogen-bond donors (Lipinski definition) is 0. The Labute approximate surface area is 171 Å². The van der Waals surface area contributed by atoms with Gasteiger partial charge in [-0.2, -0.15) is 0 Å². The summed E-state index contributed by atoms with van der Waals surface area (Å²) in [6.07, 6.45) is 1.80. The van der Waals surface area contributed by atoms with Crippen molar-refractivity contribution in [3.8, 4) is 0 Å². The summed E-state index contributed by atoms with van der Waals surface area (Å²) in [5.41, 5.74) is 2.44. The Morgan fingerprint density at radius 2 is 1.39 bits per heavy atom. The van der Waals surface area contributed by atoms with Gasteiger partial charge in [-0.15, -0.1) is 0 Å². The minimum Gasteiger partial charge on any atom is -0.417 e. The van der Waals surface area contributed by atoms with Gasteiger partial charge in [-0.05, 0) is 35.7 Å². The van der Waals surface area contributed by atoms with Gasteiger partial charge in [-0.3, -0.25) is 4.90 Å². The normalized spacial score (nSPS) is 13.5. The van der Waals surface area contributed by atoms with Crippen LogP contribution in [0, 0.1) is 0 Å². The minimum absolute atomic E-state index is 0.162. The summed E-state index contributed by atoms with van der Waals surface area (Å²) in [6, 6.07) is 20.5. The quantitative estimate of drug-likeness (QED) is 0.382. The molecule has 0 aliphatic heterocycles. The van der Waals surface area contributed by atoms with Gasteiger partial charge in [0.05, 0.1) is 6.04 Å². The van der Waals surface area contributed by atoms with E-state index in [2.05, 4.69) is 63.0 Å². The van der Waals surface area contributed by atoms with Crippen LogP contribution in [0.3, 0.4) is 0 Å². The smallest absolute Gasteiger partial charge is 0.191 e. The van der Waals surface area contributed by atoms with Gasteiger partial charge < -0.3 is 9.22 Å². The van der Waals surface area contributed by atoms with Crippen molar-refractivity contribution in [3.05, 3.63) is 71.8 Å². The van der Waals surface area contributed by atoms with Crippen LogP contribution < -0.4 is 0 Å². The number of rotatable bonds is 10. The van der Waals surface area contributed by atoms with Gasteiger partial charge in [0.2, 0.25) is 0 Å². The molecule has 28 heavy (non-hydrogen) atoms. The van der Waals surface area contributed by atoms with E-state index in [1.54, 1.807) is 0 Å². The molecule has 0 aliphatic rings. The zero-order valence-electron chi connectivity index (χ0n) is 18.0. The van der Waals surface area contributed by atoms with Crippen molar-refractivity contribution in [1.82, 2.24) is 4.90 Å². The molecule has 0 amide bonds. The first-order valence-electron chi connectivity index (χ1n) is 10.1. The average Bonchev–Trinajstić information content (AvgIpc) is 2.65. The Kier molecular flexibility index (Phi) is 8.17. The highest BCUT2D eigenvalue weighted by Crippen LogP contribution is 2.36. The topological polar surface area (TPSA) is 29.5 Å². The third-order valence-corrected chi connectivity index (χ3v) is 10.3. The van der Waals surface area contributed by atoms with E-state index in [1.807, 2.05) is 36.4 Å². The molecule has 0 saturated heterocycles. The van der Waals surface area contributed by atoms with E-state index in [0.29, 0.717) is 6.61 Å². The lowest BCUT2D eigenvalue weighted by atomic mass is 10.1. The van der Waals surface area contributed by atoms with E-state index >= 15 is 0 Å². The third kappa shape index (κ3) is 6.69. The largest absolute Gasteiger partial charge is 0.417 e. The molecule has 0 N–H and O–H groups in total. The molecule has 1 atom stereocenters. The van der Waals surface area contributed by atoms with Crippen LogP contribution in [0.4, 0.5) is 0 Å². The summed E-state index contributed by atoms with van der Waals surface area (Å²) in [6.45, 7) is 13.4. The highest BCUT2D eigenvalue weighted by atomic mass is 28.4. The number of hydrogen-bond acceptors (Lipinski definition) is 3. The molecule has 0 radical (unpaired) electrons. The highest BCUT2D eigenvalue weighted by molar-refractivity contribution is 6.74. The summed E-state index contributed by atoms with van der Waals surface area (Å²) in [5.74, 6) is 0. The molecular formula is C24H35NO2Si. The number of carbonyl (C=O) groups excluding carboxylic acids is 1. The molecule has 2 rings (SSSR count). The van der Waals surface area contributed by atoms with Gasteiger partial charge in [0.1, 0.15) is 6.29 Å². The maximum Gasteiger partial charge on any atom is 0.191 e. The van der Waals surface area contributed by atoms with Crippen molar-refractivity contribution in [2.75, 3.05) is 6.61 Å². The van der Waals surface area contributed by atoms with Crippen LogP contribution in [0.25, 0.3) is 0 Å². The first-order chi connectivity index (χ1) is 13.2. The summed E-state index contributed by atoms with van der Waals surface area (Å²) in [5, 5.41) is 0.178. The fraction of sp³-hybridized carbons (Fsp3) is 0.458. The molecule has 0 bridgehead atoms. The van der Waals surface area contributed by atoms with Crippen LogP contribution in [-0.4, -0.2) is 32.2 Å². The van der Waals surface area contributed by atoms with E-state index in [-0.39, 0.29) is 11.1 Å². The number of benzene rings is 2. The second kappa shape index (κ2) is 10.1. The maximum atomic E-state index is 12.0. The van der Waals surface area contributed by atoms with Crippen LogP contribution >= 0.6 is 0 Å². The van der Waals surface area contributed by atoms with E-state index in [4.69, 9.17) is 4.43 Å². The Morgan fingerprint density at radius 1 is 0.929 bits per heavy atom. The molecule has 0 fully saturated rings. The second-order valence-corrected chi connectivity index (χ2v) is 13.8. The zero-order chi connectivity index (χ0) is 20.6. The first kappa shape index (κ1) is 22.5. The Hall–Kier alpha value is -1.75. The first-order valence-corrected chi connectivity index (χ1v) is 13.0. The molecule has 0 heterocycles. The van der Waals surface area contributed by atoms with Gasteiger partial charge in [-0.1, -0.05) is 81.4 Å². The predicted molar refractivity (Wildman–Crippen MR) is 120 cm³/mol.